The van der Waals surface area contributed by atoms with Crippen molar-refractivity contribution in [2.75, 3.05) is 0 Å². The van der Waals surface area contributed by atoms with Crippen molar-refractivity contribution in [3.05, 3.63) is 42.5 Å². The van der Waals surface area contributed by atoms with Crippen molar-refractivity contribution in [3.63, 3.8) is 0 Å². The maximum absolute atomic E-state index is 11.0. The number of imidazole rings is 1. The summed E-state index contributed by atoms with van der Waals surface area (Å²) >= 11 is 0. The smallest absolute Gasteiger partial charge is 0.354 e. The molecule has 3 aromatic heterocycles. The van der Waals surface area contributed by atoms with Crippen LogP contribution in [0.2, 0.25) is 0 Å². The van der Waals surface area contributed by atoms with Crippen molar-refractivity contribution < 1.29 is 9.90 Å². The molecule has 0 atom stereocenters. The molecule has 0 bridgehead atoms. The molecule has 1 N–H and O–H groups in total. The molecule has 0 fully saturated rings. The minimum absolute atomic E-state index is 0.151. The first-order valence-electron chi connectivity index (χ1n) is 6.35. The topological polar surface area (TPSA) is 72.4 Å². The van der Waals surface area contributed by atoms with Crippen LogP contribution in [0.25, 0.3) is 16.9 Å². The van der Waals surface area contributed by atoms with Crippen LogP contribution in [0, 0.1) is 0 Å². The second-order valence-electron chi connectivity index (χ2n) is 3.97. The molecule has 0 unspecified atom stereocenters. The molecule has 6 heteroatoms. The Kier molecular flexibility index (Phi) is 3.84. The Labute approximate surface area is 116 Å². The van der Waals surface area contributed by atoms with Crippen LogP contribution in [0.15, 0.2) is 36.8 Å². The van der Waals surface area contributed by atoms with E-state index in [0.29, 0.717) is 5.65 Å². The third kappa shape index (κ3) is 2.40. The SMILES string of the molecule is CC.Cn1ccc(-c2ccn3c(C(=O)O)cnc3c2)n1. The minimum atomic E-state index is -0.993. The average Bonchev–Trinajstić information content (AvgIpc) is 3.06. The molecule has 0 aliphatic rings. The summed E-state index contributed by atoms with van der Waals surface area (Å²) in [7, 11) is 1.85. The predicted octanol–water partition coefficient (Wildman–Crippen LogP) is 2.46. The Morgan fingerprint density at radius 1 is 1.25 bits per heavy atom. The first-order chi connectivity index (χ1) is 9.65. The summed E-state index contributed by atoms with van der Waals surface area (Å²) in [4.78, 5) is 15.0. The zero-order chi connectivity index (χ0) is 14.7. The molecule has 0 saturated carbocycles. The van der Waals surface area contributed by atoms with E-state index in [-0.39, 0.29) is 5.69 Å². The van der Waals surface area contributed by atoms with Crippen LogP contribution in [0.4, 0.5) is 0 Å². The molecule has 0 radical (unpaired) electrons. The van der Waals surface area contributed by atoms with Gasteiger partial charge in [0.15, 0.2) is 5.69 Å². The van der Waals surface area contributed by atoms with Crippen LogP contribution in [0.5, 0.6) is 0 Å². The lowest BCUT2D eigenvalue weighted by atomic mass is 10.2. The Bertz CT molecular complexity index is 743. The molecule has 6 nitrogen and oxygen atoms in total. The molecule has 104 valence electrons. The summed E-state index contributed by atoms with van der Waals surface area (Å²) in [6, 6.07) is 5.53. The van der Waals surface area contributed by atoms with Gasteiger partial charge in [-0.25, -0.2) is 9.78 Å². The van der Waals surface area contributed by atoms with E-state index in [4.69, 9.17) is 5.11 Å². The second kappa shape index (κ2) is 5.56. The zero-order valence-corrected chi connectivity index (χ0v) is 11.6. The summed E-state index contributed by atoms with van der Waals surface area (Å²) in [5.74, 6) is -0.993. The molecule has 3 heterocycles. The van der Waals surface area contributed by atoms with Crippen molar-refractivity contribution in [1.82, 2.24) is 19.2 Å². The normalized spacial score (nSPS) is 10.2. The van der Waals surface area contributed by atoms with Crippen molar-refractivity contribution in [1.29, 1.82) is 0 Å². The number of aryl methyl sites for hydroxylation is 1. The third-order valence-corrected chi connectivity index (χ3v) is 2.74. The molecule has 0 amide bonds. The van der Waals surface area contributed by atoms with Gasteiger partial charge in [-0.15, -0.1) is 0 Å². The second-order valence-corrected chi connectivity index (χ2v) is 3.97. The summed E-state index contributed by atoms with van der Waals surface area (Å²) in [6.07, 6.45) is 4.89. The summed E-state index contributed by atoms with van der Waals surface area (Å²) in [5.41, 5.74) is 2.48. The first-order valence-corrected chi connectivity index (χ1v) is 6.35. The number of nitrogens with zero attached hydrogens (tertiary/aromatic N) is 4. The fourth-order valence-corrected chi connectivity index (χ4v) is 1.87. The number of hydrogen-bond acceptors (Lipinski definition) is 3. The standard InChI is InChI=1S/C12H10N4O2.C2H6/c1-15-4-3-9(14-15)8-2-5-16-10(12(17)18)7-13-11(16)6-8;1-2/h2-7H,1H3,(H,17,18);1-2H3. The monoisotopic (exact) mass is 272 g/mol. The molecule has 0 aliphatic carbocycles. The zero-order valence-electron chi connectivity index (χ0n) is 11.6. The summed E-state index contributed by atoms with van der Waals surface area (Å²) in [5, 5.41) is 13.3. The molecule has 0 aromatic carbocycles. The van der Waals surface area contributed by atoms with E-state index in [1.165, 1.54) is 10.6 Å². The average molecular weight is 272 g/mol. The van der Waals surface area contributed by atoms with Gasteiger partial charge in [0.05, 0.1) is 11.9 Å². The Balaban J connectivity index is 0.000000704. The number of aromatic nitrogens is 4. The quantitative estimate of drug-likeness (QED) is 0.777. The lowest BCUT2D eigenvalue weighted by Gasteiger charge is -2.00. The van der Waals surface area contributed by atoms with E-state index in [1.807, 2.05) is 45.3 Å². The van der Waals surface area contributed by atoms with Gasteiger partial charge in [0.2, 0.25) is 0 Å². The highest BCUT2D eigenvalue weighted by Gasteiger charge is 2.11. The van der Waals surface area contributed by atoms with Crippen molar-refractivity contribution in [2.24, 2.45) is 7.05 Å². The third-order valence-electron chi connectivity index (χ3n) is 2.74. The van der Waals surface area contributed by atoms with Crippen LogP contribution in [-0.4, -0.2) is 30.2 Å². The lowest BCUT2D eigenvalue weighted by molar-refractivity contribution is 0.0689. The number of aromatic carboxylic acids is 1. The lowest BCUT2D eigenvalue weighted by Crippen LogP contribution is -2.01. The largest absolute Gasteiger partial charge is 0.477 e. The van der Waals surface area contributed by atoms with Crippen LogP contribution >= 0.6 is 0 Å². The van der Waals surface area contributed by atoms with Crippen LogP contribution in [0.1, 0.15) is 24.3 Å². The van der Waals surface area contributed by atoms with Crippen molar-refractivity contribution in [2.45, 2.75) is 13.8 Å². The van der Waals surface area contributed by atoms with E-state index in [1.54, 1.807) is 10.9 Å². The van der Waals surface area contributed by atoms with E-state index in [2.05, 4.69) is 10.1 Å². The fraction of sp³-hybridized carbons (Fsp3) is 0.214. The number of hydrogen-bond donors (Lipinski definition) is 1. The van der Waals surface area contributed by atoms with Crippen LogP contribution < -0.4 is 0 Å². The van der Waals surface area contributed by atoms with Crippen molar-refractivity contribution >= 4 is 11.6 Å². The Hall–Kier alpha value is -2.63. The highest BCUT2D eigenvalue weighted by atomic mass is 16.4. The van der Waals surface area contributed by atoms with Gasteiger partial charge < -0.3 is 5.11 Å². The van der Waals surface area contributed by atoms with Gasteiger partial charge >= 0.3 is 5.97 Å². The summed E-state index contributed by atoms with van der Waals surface area (Å²) in [6.45, 7) is 4.00. The molecular weight excluding hydrogens is 256 g/mol. The Morgan fingerprint density at radius 2 is 2.00 bits per heavy atom. The van der Waals surface area contributed by atoms with Gasteiger partial charge in [0.1, 0.15) is 5.65 Å². The van der Waals surface area contributed by atoms with E-state index in [0.717, 1.165) is 11.3 Å². The van der Waals surface area contributed by atoms with Gasteiger partial charge in [0, 0.05) is 25.0 Å². The molecule has 0 spiro atoms. The number of carbonyl (C=O) groups is 1. The molecule has 3 rings (SSSR count). The maximum Gasteiger partial charge on any atom is 0.354 e. The molecule has 0 aliphatic heterocycles. The number of rotatable bonds is 2. The van der Waals surface area contributed by atoms with E-state index < -0.39 is 5.97 Å². The van der Waals surface area contributed by atoms with Crippen LogP contribution in [-0.2, 0) is 7.05 Å². The van der Waals surface area contributed by atoms with Crippen molar-refractivity contribution in [3.8, 4) is 11.3 Å². The predicted molar refractivity (Wildman–Crippen MR) is 75.7 cm³/mol. The first kappa shape index (κ1) is 13.8. The van der Waals surface area contributed by atoms with E-state index >= 15 is 0 Å². The molecular formula is C14H16N4O2. The number of fused-ring (bicyclic) bond motifs is 1. The van der Waals surface area contributed by atoms with Gasteiger partial charge in [-0.2, -0.15) is 5.10 Å². The van der Waals surface area contributed by atoms with E-state index in [9.17, 15) is 4.79 Å². The Morgan fingerprint density at radius 3 is 2.60 bits per heavy atom. The van der Waals surface area contributed by atoms with Gasteiger partial charge in [0.25, 0.3) is 0 Å². The fourth-order valence-electron chi connectivity index (χ4n) is 1.87. The number of pyridine rings is 1. The minimum Gasteiger partial charge on any atom is -0.477 e. The van der Waals surface area contributed by atoms with Gasteiger partial charge in [-0.05, 0) is 18.2 Å². The molecule has 0 saturated heterocycles. The number of carboxylic acid groups (broad SMARTS) is 1. The maximum atomic E-state index is 11.0. The van der Waals surface area contributed by atoms with Gasteiger partial charge in [-0.3, -0.25) is 9.08 Å². The molecule has 20 heavy (non-hydrogen) atoms. The number of carboxylic acids is 1. The highest BCUT2D eigenvalue weighted by Crippen LogP contribution is 2.19. The van der Waals surface area contributed by atoms with Gasteiger partial charge in [-0.1, -0.05) is 13.8 Å². The highest BCUT2D eigenvalue weighted by molar-refractivity contribution is 5.86. The molecule has 3 aromatic rings. The van der Waals surface area contributed by atoms with Crippen LogP contribution in [0.3, 0.4) is 0 Å². The summed E-state index contributed by atoms with van der Waals surface area (Å²) < 4.78 is 3.25.